The first-order chi connectivity index (χ1) is 8.41. The van der Waals surface area contributed by atoms with Gasteiger partial charge in [-0.05, 0) is 20.8 Å². The average molecular weight is 269 g/mol. The van der Waals surface area contributed by atoms with Gasteiger partial charge in [-0.3, -0.25) is 14.5 Å². The van der Waals surface area contributed by atoms with Gasteiger partial charge in [-0.25, -0.2) is 9.36 Å². The second-order valence-electron chi connectivity index (χ2n) is 4.28. The van der Waals surface area contributed by atoms with Crippen molar-refractivity contribution < 1.29 is 0 Å². The number of hydrogen-bond acceptors (Lipinski definition) is 3. The van der Waals surface area contributed by atoms with Crippen molar-refractivity contribution in [3.05, 3.63) is 43.9 Å². The monoisotopic (exact) mass is 268 g/mol. The highest BCUT2D eigenvalue weighted by Crippen LogP contribution is 2.09. The van der Waals surface area contributed by atoms with Crippen molar-refractivity contribution in [1.29, 1.82) is 0 Å². The molecule has 2 aromatic rings. The summed E-state index contributed by atoms with van der Waals surface area (Å²) in [5.74, 6) is 0. The van der Waals surface area contributed by atoms with E-state index in [0.717, 1.165) is 4.57 Å². The van der Waals surface area contributed by atoms with Crippen LogP contribution in [0, 0.1) is 6.92 Å². The SMILES string of the molecule is Cc1c(Cl)[nH]c(=O)n(-c2cnn(C(C)C)c2)c1=O. The normalized spacial score (nSPS) is 11.2. The summed E-state index contributed by atoms with van der Waals surface area (Å²) in [5.41, 5.74) is -0.283. The summed E-state index contributed by atoms with van der Waals surface area (Å²) in [6, 6.07) is 0.155. The highest BCUT2D eigenvalue weighted by atomic mass is 35.5. The van der Waals surface area contributed by atoms with E-state index in [4.69, 9.17) is 11.6 Å². The highest BCUT2D eigenvalue weighted by molar-refractivity contribution is 6.30. The average Bonchev–Trinajstić information content (AvgIpc) is 2.75. The second-order valence-corrected chi connectivity index (χ2v) is 4.66. The van der Waals surface area contributed by atoms with Gasteiger partial charge in [0.25, 0.3) is 5.56 Å². The molecule has 6 nitrogen and oxygen atoms in total. The molecule has 18 heavy (non-hydrogen) atoms. The summed E-state index contributed by atoms with van der Waals surface area (Å²) in [6.45, 7) is 5.47. The van der Waals surface area contributed by atoms with Gasteiger partial charge < -0.3 is 0 Å². The lowest BCUT2D eigenvalue weighted by molar-refractivity contribution is 0.532. The molecule has 0 radical (unpaired) electrons. The molecule has 0 unspecified atom stereocenters. The van der Waals surface area contributed by atoms with Gasteiger partial charge in [0.05, 0.1) is 17.4 Å². The number of aromatic amines is 1. The Hall–Kier alpha value is -1.82. The van der Waals surface area contributed by atoms with Crippen LogP contribution in [-0.4, -0.2) is 19.3 Å². The molecule has 2 heterocycles. The van der Waals surface area contributed by atoms with Gasteiger partial charge in [-0.15, -0.1) is 0 Å². The van der Waals surface area contributed by atoms with Crippen LogP contribution in [-0.2, 0) is 0 Å². The summed E-state index contributed by atoms with van der Waals surface area (Å²) in [5, 5.41) is 4.16. The fourth-order valence-corrected chi connectivity index (χ4v) is 1.72. The van der Waals surface area contributed by atoms with Crippen molar-refractivity contribution in [3.63, 3.8) is 0 Å². The van der Waals surface area contributed by atoms with Gasteiger partial charge in [0, 0.05) is 12.2 Å². The van der Waals surface area contributed by atoms with Gasteiger partial charge >= 0.3 is 5.69 Å². The van der Waals surface area contributed by atoms with Gasteiger partial charge in [0.1, 0.15) is 5.15 Å². The molecule has 0 spiro atoms. The third-order valence-electron chi connectivity index (χ3n) is 2.65. The zero-order chi connectivity index (χ0) is 13.4. The third kappa shape index (κ3) is 1.99. The van der Waals surface area contributed by atoms with E-state index >= 15 is 0 Å². The van der Waals surface area contributed by atoms with Crippen molar-refractivity contribution in [1.82, 2.24) is 19.3 Å². The maximum absolute atomic E-state index is 12.0. The molecule has 0 amide bonds. The molecule has 0 aliphatic heterocycles. The maximum atomic E-state index is 12.0. The van der Waals surface area contributed by atoms with E-state index in [0.29, 0.717) is 11.3 Å². The summed E-state index contributed by atoms with van der Waals surface area (Å²) < 4.78 is 2.69. The number of halogens is 1. The molecular formula is C11H13ClN4O2. The molecule has 0 fully saturated rings. The largest absolute Gasteiger partial charge is 0.334 e. The van der Waals surface area contributed by atoms with Crippen LogP contribution in [0.2, 0.25) is 5.15 Å². The Kier molecular flexibility index (Phi) is 3.13. The Morgan fingerprint density at radius 3 is 2.61 bits per heavy atom. The molecule has 7 heteroatoms. The Morgan fingerprint density at radius 2 is 2.06 bits per heavy atom. The van der Waals surface area contributed by atoms with E-state index in [2.05, 4.69) is 10.1 Å². The predicted molar refractivity (Wildman–Crippen MR) is 68.6 cm³/mol. The molecule has 0 atom stereocenters. The highest BCUT2D eigenvalue weighted by Gasteiger charge is 2.12. The second kappa shape index (κ2) is 4.45. The van der Waals surface area contributed by atoms with Crippen molar-refractivity contribution >= 4 is 11.6 Å². The van der Waals surface area contributed by atoms with Crippen LogP contribution >= 0.6 is 11.6 Å². The molecule has 1 N–H and O–H groups in total. The smallest absolute Gasteiger partial charge is 0.297 e. The maximum Gasteiger partial charge on any atom is 0.334 e. The molecule has 2 aromatic heterocycles. The number of rotatable bonds is 2. The van der Waals surface area contributed by atoms with Crippen molar-refractivity contribution in [2.75, 3.05) is 0 Å². The van der Waals surface area contributed by atoms with Crippen molar-refractivity contribution in [3.8, 4) is 5.69 Å². The minimum atomic E-state index is -0.570. The van der Waals surface area contributed by atoms with E-state index in [-0.39, 0.29) is 11.2 Å². The van der Waals surface area contributed by atoms with Crippen LogP contribution in [0.5, 0.6) is 0 Å². The molecular weight excluding hydrogens is 256 g/mol. The number of H-pyrrole nitrogens is 1. The summed E-state index contributed by atoms with van der Waals surface area (Å²) >= 11 is 5.74. The van der Waals surface area contributed by atoms with Crippen LogP contribution in [0.25, 0.3) is 5.69 Å². The topological polar surface area (TPSA) is 72.7 Å². The quantitative estimate of drug-likeness (QED) is 0.834. The lowest BCUT2D eigenvalue weighted by Gasteiger charge is -2.05. The van der Waals surface area contributed by atoms with E-state index in [1.165, 1.54) is 6.20 Å². The first-order valence-electron chi connectivity index (χ1n) is 5.47. The molecule has 2 rings (SSSR count). The molecule has 0 aromatic carbocycles. The number of nitrogens with one attached hydrogen (secondary N) is 1. The van der Waals surface area contributed by atoms with E-state index in [1.807, 2.05) is 13.8 Å². The summed E-state index contributed by atoms with van der Waals surface area (Å²) in [4.78, 5) is 26.2. The van der Waals surface area contributed by atoms with Gasteiger partial charge in [0.15, 0.2) is 0 Å². The van der Waals surface area contributed by atoms with E-state index < -0.39 is 11.2 Å². The van der Waals surface area contributed by atoms with Gasteiger partial charge in [-0.1, -0.05) is 11.6 Å². The Bertz CT molecular complexity index is 696. The van der Waals surface area contributed by atoms with Crippen molar-refractivity contribution in [2.45, 2.75) is 26.8 Å². The molecule has 0 aliphatic rings. The van der Waals surface area contributed by atoms with Crippen LogP contribution in [0.1, 0.15) is 25.5 Å². The fourth-order valence-electron chi connectivity index (χ4n) is 1.56. The summed E-state index contributed by atoms with van der Waals surface area (Å²) in [6.07, 6.45) is 3.12. The Labute approximate surface area is 108 Å². The molecule has 0 saturated carbocycles. The molecule has 0 aliphatic carbocycles. The minimum absolute atomic E-state index is 0.0671. The van der Waals surface area contributed by atoms with Gasteiger partial charge in [-0.2, -0.15) is 5.10 Å². The molecule has 0 bridgehead atoms. The molecule has 0 saturated heterocycles. The standard InChI is InChI=1S/C11H13ClN4O2/c1-6(2)15-5-8(4-13-15)16-10(17)7(3)9(12)14-11(16)18/h4-6H,1-3H3,(H,14,18). The van der Waals surface area contributed by atoms with Crippen LogP contribution in [0.15, 0.2) is 22.0 Å². The first kappa shape index (κ1) is 12.6. The first-order valence-corrected chi connectivity index (χ1v) is 5.85. The Morgan fingerprint density at radius 1 is 1.39 bits per heavy atom. The number of aromatic nitrogens is 4. The third-order valence-corrected chi connectivity index (χ3v) is 3.03. The summed E-state index contributed by atoms with van der Waals surface area (Å²) in [7, 11) is 0. The zero-order valence-corrected chi connectivity index (χ0v) is 11.0. The number of nitrogens with zero attached hydrogens (tertiary/aromatic N) is 3. The van der Waals surface area contributed by atoms with Gasteiger partial charge in [0.2, 0.25) is 0 Å². The zero-order valence-electron chi connectivity index (χ0n) is 10.3. The Balaban J connectivity index is 2.68. The van der Waals surface area contributed by atoms with E-state index in [1.54, 1.807) is 17.8 Å². The lowest BCUT2D eigenvalue weighted by atomic mass is 10.3. The van der Waals surface area contributed by atoms with E-state index in [9.17, 15) is 9.59 Å². The van der Waals surface area contributed by atoms with Crippen LogP contribution < -0.4 is 11.2 Å². The van der Waals surface area contributed by atoms with Crippen LogP contribution in [0.4, 0.5) is 0 Å². The van der Waals surface area contributed by atoms with Crippen LogP contribution in [0.3, 0.4) is 0 Å². The number of hydrogen-bond donors (Lipinski definition) is 1. The predicted octanol–water partition coefficient (Wildman–Crippen LogP) is 1.27. The molecule has 96 valence electrons. The minimum Gasteiger partial charge on any atom is -0.297 e. The lowest BCUT2D eigenvalue weighted by Crippen LogP contribution is -2.35. The fraction of sp³-hybridized carbons (Fsp3) is 0.364. The van der Waals surface area contributed by atoms with Crippen molar-refractivity contribution in [2.24, 2.45) is 0 Å².